The van der Waals surface area contributed by atoms with Crippen molar-refractivity contribution in [2.24, 2.45) is 0 Å². The van der Waals surface area contributed by atoms with E-state index < -0.39 is 5.97 Å². The molecule has 0 bridgehead atoms. The van der Waals surface area contributed by atoms with Crippen LogP contribution in [0.3, 0.4) is 0 Å². The van der Waals surface area contributed by atoms with Gasteiger partial charge in [-0.05, 0) is 57.8 Å². The summed E-state index contributed by atoms with van der Waals surface area (Å²) in [6.07, 6.45) is 47.2. The Balaban J connectivity index is 3.60. The number of unbranched alkanes of at least 4 members (excludes halogenated alkanes) is 27. The van der Waals surface area contributed by atoms with Crippen LogP contribution in [0.4, 0.5) is 0 Å². The molecule has 0 aromatic carbocycles. The number of aliphatic carboxylic acids is 1. The van der Waals surface area contributed by atoms with Crippen molar-refractivity contribution in [2.45, 2.75) is 245 Å². The van der Waals surface area contributed by atoms with Gasteiger partial charge in [0, 0.05) is 12.8 Å². The van der Waals surface area contributed by atoms with Gasteiger partial charge in [0.05, 0.1) is 0 Å². The number of allylic oxidation sites excluding steroid dienone is 2. The summed E-state index contributed by atoms with van der Waals surface area (Å²) in [6, 6.07) is 0. The Morgan fingerprint density at radius 2 is 0.804 bits per heavy atom. The van der Waals surface area contributed by atoms with Crippen LogP contribution in [-0.2, 0) is 14.3 Å². The van der Waals surface area contributed by atoms with E-state index in [-0.39, 0.29) is 12.1 Å². The van der Waals surface area contributed by atoms with Crippen LogP contribution in [-0.4, -0.2) is 23.1 Å². The van der Waals surface area contributed by atoms with E-state index in [0.29, 0.717) is 12.8 Å². The van der Waals surface area contributed by atoms with E-state index in [1.54, 1.807) is 0 Å². The molecule has 1 unspecified atom stereocenters. The zero-order valence-corrected chi connectivity index (χ0v) is 31.2. The molecule has 0 aliphatic carbocycles. The Kier molecular flexibility index (Phi) is 37.0. The molecule has 272 valence electrons. The molecule has 4 nitrogen and oxygen atoms in total. The number of carbonyl (C=O) groups excluding carboxylic acids is 1. The number of hydrogen-bond donors (Lipinski definition) is 1. The van der Waals surface area contributed by atoms with Crippen LogP contribution in [0.5, 0.6) is 0 Å². The van der Waals surface area contributed by atoms with Crippen LogP contribution in [0.1, 0.15) is 239 Å². The highest BCUT2D eigenvalue weighted by molar-refractivity contribution is 5.69. The summed E-state index contributed by atoms with van der Waals surface area (Å²) >= 11 is 0. The molecular weight excluding hydrogens is 568 g/mol. The zero-order valence-electron chi connectivity index (χ0n) is 31.2. The van der Waals surface area contributed by atoms with Crippen LogP contribution in [0.25, 0.3) is 0 Å². The fraction of sp³-hybridized carbons (Fsp3) is 0.905. The van der Waals surface area contributed by atoms with Gasteiger partial charge in [-0.3, -0.25) is 9.59 Å². The second-order valence-electron chi connectivity index (χ2n) is 14.2. The first-order chi connectivity index (χ1) is 22.6. The Morgan fingerprint density at radius 3 is 1.24 bits per heavy atom. The largest absolute Gasteiger partial charge is 0.481 e. The number of rotatable bonds is 38. The summed E-state index contributed by atoms with van der Waals surface area (Å²) in [5.74, 6) is -0.631. The van der Waals surface area contributed by atoms with Gasteiger partial charge < -0.3 is 9.84 Å². The van der Waals surface area contributed by atoms with Crippen molar-refractivity contribution in [2.75, 3.05) is 0 Å². The van der Waals surface area contributed by atoms with E-state index in [4.69, 9.17) is 9.84 Å². The van der Waals surface area contributed by atoms with Crippen LogP contribution in [0, 0.1) is 0 Å². The van der Waals surface area contributed by atoms with E-state index in [0.717, 1.165) is 51.4 Å². The summed E-state index contributed by atoms with van der Waals surface area (Å²) in [5.41, 5.74) is 0. The number of carboxylic acids is 1. The Hall–Kier alpha value is -1.32. The highest BCUT2D eigenvalue weighted by Crippen LogP contribution is 2.18. The van der Waals surface area contributed by atoms with Gasteiger partial charge in [-0.1, -0.05) is 180 Å². The summed E-state index contributed by atoms with van der Waals surface area (Å²) in [7, 11) is 0. The summed E-state index contributed by atoms with van der Waals surface area (Å²) in [5, 5.41) is 8.67. The summed E-state index contributed by atoms with van der Waals surface area (Å²) < 4.78 is 5.94. The van der Waals surface area contributed by atoms with E-state index >= 15 is 0 Å². The molecule has 0 fully saturated rings. The first-order valence-corrected chi connectivity index (χ1v) is 20.7. The minimum Gasteiger partial charge on any atom is -0.481 e. The van der Waals surface area contributed by atoms with Crippen molar-refractivity contribution >= 4 is 11.9 Å². The topological polar surface area (TPSA) is 63.6 Å². The monoisotopic (exact) mass is 649 g/mol. The molecule has 0 amide bonds. The van der Waals surface area contributed by atoms with Gasteiger partial charge in [-0.15, -0.1) is 0 Å². The van der Waals surface area contributed by atoms with Crippen LogP contribution < -0.4 is 0 Å². The van der Waals surface area contributed by atoms with Crippen LogP contribution in [0.15, 0.2) is 12.2 Å². The van der Waals surface area contributed by atoms with Crippen LogP contribution >= 0.6 is 0 Å². The number of hydrogen-bond acceptors (Lipinski definition) is 3. The third-order valence-corrected chi connectivity index (χ3v) is 9.49. The molecule has 0 spiro atoms. The van der Waals surface area contributed by atoms with E-state index in [1.807, 2.05) is 0 Å². The predicted octanol–water partition coefficient (Wildman–Crippen LogP) is 14.2. The minimum atomic E-state index is -0.665. The number of ether oxygens (including phenoxy) is 1. The van der Waals surface area contributed by atoms with Gasteiger partial charge in [0.1, 0.15) is 6.10 Å². The molecule has 0 saturated carbocycles. The van der Waals surface area contributed by atoms with E-state index in [2.05, 4.69) is 26.0 Å². The van der Waals surface area contributed by atoms with Crippen molar-refractivity contribution in [1.29, 1.82) is 0 Å². The Bertz CT molecular complexity index is 658. The van der Waals surface area contributed by atoms with E-state index in [9.17, 15) is 9.59 Å². The summed E-state index contributed by atoms with van der Waals surface area (Å²) in [6.45, 7) is 4.50. The normalized spacial score (nSPS) is 12.2. The zero-order chi connectivity index (χ0) is 33.6. The molecule has 0 aromatic rings. The maximum Gasteiger partial charge on any atom is 0.306 e. The third-order valence-electron chi connectivity index (χ3n) is 9.49. The minimum absolute atomic E-state index is 0.0343. The lowest BCUT2D eigenvalue weighted by molar-refractivity contribution is -0.150. The first kappa shape index (κ1) is 44.7. The number of carboxylic acid groups (broad SMARTS) is 1. The quantitative estimate of drug-likeness (QED) is 0.0411. The molecule has 4 heteroatoms. The molecule has 0 radical (unpaired) electrons. The molecule has 0 saturated heterocycles. The second kappa shape index (κ2) is 38.1. The van der Waals surface area contributed by atoms with Crippen molar-refractivity contribution in [3.8, 4) is 0 Å². The van der Waals surface area contributed by atoms with Crippen molar-refractivity contribution in [3.05, 3.63) is 12.2 Å². The lowest BCUT2D eigenvalue weighted by atomic mass is 10.0. The van der Waals surface area contributed by atoms with Gasteiger partial charge in [-0.25, -0.2) is 0 Å². The molecular formula is C42H80O4. The van der Waals surface area contributed by atoms with Crippen molar-refractivity contribution < 1.29 is 19.4 Å². The average Bonchev–Trinajstić information content (AvgIpc) is 3.04. The molecule has 0 heterocycles. The van der Waals surface area contributed by atoms with Crippen molar-refractivity contribution in [1.82, 2.24) is 0 Å². The Labute approximate surface area is 287 Å². The van der Waals surface area contributed by atoms with Gasteiger partial charge >= 0.3 is 11.9 Å². The third kappa shape index (κ3) is 37.1. The second-order valence-corrected chi connectivity index (χ2v) is 14.2. The average molecular weight is 649 g/mol. The first-order valence-electron chi connectivity index (χ1n) is 20.7. The Morgan fingerprint density at radius 1 is 0.457 bits per heavy atom. The lowest BCUT2D eigenvalue weighted by Crippen LogP contribution is -2.18. The summed E-state index contributed by atoms with van der Waals surface area (Å²) in [4.78, 5) is 23.0. The molecule has 0 aliphatic heterocycles. The molecule has 1 N–H and O–H groups in total. The fourth-order valence-corrected chi connectivity index (χ4v) is 6.40. The standard InChI is InChI=1S/C42H80O4/c1-3-5-7-8-9-10-11-12-13-14-15-20-23-26-29-32-35-39-42(45)46-40(36-6-4-2)37-33-30-27-24-21-18-16-17-19-22-25-28-31-34-38-41(43)44/h12-13,40H,3-11,14-39H2,1-2H3,(H,43,44)/b13-12-. The molecule has 0 rings (SSSR count). The highest BCUT2D eigenvalue weighted by Gasteiger charge is 2.14. The van der Waals surface area contributed by atoms with E-state index in [1.165, 1.54) is 161 Å². The van der Waals surface area contributed by atoms with Gasteiger partial charge in [0.2, 0.25) is 0 Å². The number of carbonyl (C=O) groups is 2. The van der Waals surface area contributed by atoms with Gasteiger partial charge in [0.25, 0.3) is 0 Å². The maximum absolute atomic E-state index is 12.5. The van der Waals surface area contributed by atoms with Gasteiger partial charge in [0.15, 0.2) is 0 Å². The fourth-order valence-electron chi connectivity index (χ4n) is 6.40. The molecule has 46 heavy (non-hydrogen) atoms. The smallest absolute Gasteiger partial charge is 0.306 e. The highest BCUT2D eigenvalue weighted by atomic mass is 16.5. The maximum atomic E-state index is 12.5. The lowest BCUT2D eigenvalue weighted by Gasteiger charge is -2.18. The molecule has 1 atom stereocenters. The number of esters is 1. The SMILES string of the molecule is CCCCCCCC/C=C\CCCCCCCCCC(=O)OC(CCCC)CCCCCCCCCCCCCCCCC(=O)O. The molecule has 0 aliphatic rings. The molecule has 0 aromatic heterocycles. The van der Waals surface area contributed by atoms with Gasteiger partial charge in [-0.2, -0.15) is 0 Å². The van der Waals surface area contributed by atoms with Crippen molar-refractivity contribution in [3.63, 3.8) is 0 Å². The van der Waals surface area contributed by atoms with Crippen LogP contribution in [0.2, 0.25) is 0 Å². The predicted molar refractivity (Wildman–Crippen MR) is 200 cm³/mol.